The maximum Gasteiger partial charge on any atom is 0.270 e. The zero-order chi connectivity index (χ0) is 21.7. The van der Waals surface area contributed by atoms with E-state index in [1.807, 2.05) is 31.2 Å². The first-order valence-electron chi connectivity index (χ1n) is 9.97. The van der Waals surface area contributed by atoms with Crippen molar-refractivity contribution in [2.45, 2.75) is 20.8 Å². The molecule has 0 unspecified atom stereocenters. The number of benzene rings is 2. The Balaban J connectivity index is 1.91. The first-order valence-corrected chi connectivity index (χ1v) is 10.4. The molecule has 0 aliphatic carbocycles. The lowest BCUT2D eigenvalue weighted by atomic mass is 10.1. The quantitative estimate of drug-likeness (QED) is 0.417. The molecule has 1 aliphatic heterocycles. The van der Waals surface area contributed by atoms with E-state index in [1.54, 1.807) is 30.3 Å². The Kier molecular flexibility index (Phi) is 6.84. The van der Waals surface area contributed by atoms with Crippen LogP contribution in [0.5, 0.6) is 5.75 Å². The number of carbonyl (C=O) groups excluding carboxylic acids is 2. The van der Waals surface area contributed by atoms with Crippen LogP contribution in [0.3, 0.4) is 0 Å². The first-order chi connectivity index (χ1) is 14.5. The minimum absolute atomic E-state index is 0.0287. The van der Waals surface area contributed by atoms with Crippen molar-refractivity contribution < 1.29 is 14.3 Å². The summed E-state index contributed by atoms with van der Waals surface area (Å²) in [6.07, 6.45) is 1.59. The SMILES string of the molecule is CCOc1cccc(N2C(=O)C(=Cc3ccc(N(CC)CC)cc3)C(=O)NC2=S)c1. The molecule has 30 heavy (non-hydrogen) atoms. The lowest BCUT2D eigenvalue weighted by Gasteiger charge is -2.29. The molecule has 1 fully saturated rings. The number of hydrogen-bond acceptors (Lipinski definition) is 5. The molecule has 2 aromatic carbocycles. The molecule has 1 N–H and O–H groups in total. The molecule has 1 saturated heterocycles. The molecule has 1 aliphatic rings. The second kappa shape index (κ2) is 9.54. The molecular formula is C23H25N3O3S. The van der Waals surface area contributed by atoms with Crippen molar-refractivity contribution in [2.24, 2.45) is 0 Å². The van der Waals surface area contributed by atoms with Crippen molar-refractivity contribution in [1.29, 1.82) is 0 Å². The molecule has 7 heteroatoms. The number of carbonyl (C=O) groups is 2. The lowest BCUT2D eigenvalue weighted by Crippen LogP contribution is -2.54. The van der Waals surface area contributed by atoms with Crippen LogP contribution in [0.4, 0.5) is 11.4 Å². The van der Waals surface area contributed by atoms with E-state index in [2.05, 4.69) is 24.1 Å². The van der Waals surface area contributed by atoms with Crippen LogP contribution < -0.4 is 19.9 Å². The predicted molar refractivity (Wildman–Crippen MR) is 124 cm³/mol. The molecule has 0 bridgehead atoms. The van der Waals surface area contributed by atoms with Crippen molar-refractivity contribution in [3.05, 3.63) is 59.7 Å². The number of rotatable bonds is 7. The summed E-state index contributed by atoms with van der Waals surface area (Å²) in [6.45, 7) is 8.41. The summed E-state index contributed by atoms with van der Waals surface area (Å²) in [5.41, 5.74) is 2.43. The molecule has 0 spiro atoms. The number of anilines is 2. The van der Waals surface area contributed by atoms with Gasteiger partial charge in [0, 0.05) is 24.8 Å². The fraction of sp³-hybridized carbons (Fsp3) is 0.261. The van der Waals surface area contributed by atoms with Gasteiger partial charge in [-0.3, -0.25) is 19.8 Å². The van der Waals surface area contributed by atoms with E-state index in [-0.39, 0.29) is 10.7 Å². The second-order valence-corrected chi connectivity index (χ2v) is 7.04. The summed E-state index contributed by atoms with van der Waals surface area (Å²) in [6, 6.07) is 14.8. The van der Waals surface area contributed by atoms with Crippen molar-refractivity contribution in [3.8, 4) is 5.75 Å². The van der Waals surface area contributed by atoms with E-state index in [9.17, 15) is 9.59 Å². The Hall–Kier alpha value is -3.19. The highest BCUT2D eigenvalue weighted by Crippen LogP contribution is 2.26. The van der Waals surface area contributed by atoms with Crippen LogP contribution in [0.25, 0.3) is 6.08 Å². The van der Waals surface area contributed by atoms with Crippen LogP contribution in [-0.2, 0) is 9.59 Å². The van der Waals surface area contributed by atoms with Gasteiger partial charge in [-0.1, -0.05) is 18.2 Å². The molecule has 2 aromatic rings. The van der Waals surface area contributed by atoms with Gasteiger partial charge in [0.1, 0.15) is 11.3 Å². The first kappa shape index (κ1) is 21.5. The Labute approximate surface area is 182 Å². The van der Waals surface area contributed by atoms with Crippen molar-refractivity contribution in [3.63, 3.8) is 0 Å². The molecule has 156 valence electrons. The predicted octanol–water partition coefficient (Wildman–Crippen LogP) is 3.76. The summed E-state index contributed by atoms with van der Waals surface area (Å²) in [4.78, 5) is 29.2. The molecule has 1 heterocycles. The average Bonchev–Trinajstić information content (AvgIpc) is 2.73. The summed E-state index contributed by atoms with van der Waals surface area (Å²) >= 11 is 5.26. The van der Waals surface area contributed by atoms with E-state index in [4.69, 9.17) is 17.0 Å². The van der Waals surface area contributed by atoms with E-state index in [1.165, 1.54) is 4.90 Å². The number of ether oxygens (including phenoxy) is 1. The maximum absolute atomic E-state index is 13.1. The molecular weight excluding hydrogens is 398 g/mol. The van der Waals surface area contributed by atoms with E-state index in [0.717, 1.165) is 24.3 Å². The highest BCUT2D eigenvalue weighted by molar-refractivity contribution is 7.80. The third-order valence-corrected chi connectivity index (χ3v) is 5.11. The van der Waals surface area contributed by atoms with Gasteiger partial charge in [-0.2, -0.15) is 0 Å². The normalized spacial score (nSPS) is 15.4. The third-order valence-electron chi connectivity index (χ3n) is 4.82. The van der Waals surface area contributed by atoms with E-state index >= 15 is 0 Å². The van der Waals surface area contributed by atoms with Gasteiger partial charge in [0.15, 0.2) is 5.11 Å². The Morgan fingerprint density at radius 2 is 1.77 bits per heavy atom. The molecule has 0 saturated carbocycles. The zero-order valence-electron chi connectivity index (χ0n) is 17.3. The van der Waals surface area contributed by atoms with Gasteiger partial charge >= 0.3 is 0 Å². The summed E-state index contributed by atoms with van der Waals surface area (Å²) in [7, 11) is 0. The molecule has 6 nitrogen and oxygen atoms in total. The largest absolute Gasteiger partial charge is 0.494 e. The topological polar surface area (TPSA) is 61.9 Å². The molecule has 3 rings (SSSR count). The minimum atomic E-state index is -0.505. The van der Waals surface area contributed by atoms with Gasteiger partial charge in [-0.25, -0.2) is 0 Å². The van der Waals surface area contributed by atoms with Gasteiger partial charge in [0.25, 0.3) is 11.8 Å². The Bertz CT molecular complexity index is 981. The zero-order valence-corrected chi connectivity index (χ0v) is 18.2. The van der Waals surface area contributed by atoms with Crippen LogP contribution in [0.1, 0.15) is 26.3 Å². The van der Waals surface area contributed by atoms with Crippen molar-refractivity contribution in [1.82, 2.24) is 5.32 Å². The van der Waals surface area contributed by atoms with Crippen molar-refractivity contribution in [2.75, 3.05) is 29.5 Å². The molecule has 0 radical (unpaired) electrons. The van der Waals surface area contributed by atoms with E-state index < -0.39 is 11.8 Å². The smallest absolute Gasteiger partial charge is 0.270 e. The summed E-state index contributed by atoms with van der Waals surface area (Å²) < 4.78 is 5.51. The van der Waals surface area contributed by atoms with Gasteiger partial charge in [-0.05, 0) is 68.9 Å². The Morgan fingerprint density at radius 3 is 2.40 bits per heavy atom. The van der Waals surface area contributed by atoms with Crippen molar-refractivity contribution >= 4 is 46.6 Å². The average molecular weight is 424 g/mol. The van der Waals surface area contributed by atoms with Gasteiger partial charge in [0.05, 0.1) is 12.3 Å². The Morgan fingerprint density at radius 1 is 1.07 bits per heavy atom. The van der Waals surface area contributed by atoms with Gasteiger partial charge < -0.3 is 9.64 Å². The van der Waals surface area contributed by atoms with Crippen LogP contribution in [0.2, 0.25) is 0 Å². The molecule has 0 aromatic heterocycles. The summed E-state index contributed by atoms with van der Waals surface area (Å²) in [5.74, 6) is -0.347. The third kappa shape index (κ3) is 4.52. The monoisotopic (exact) mass is 423 g/mol. The molecule has 2 amide bonds. The number of hydrogen-bond donors (Lipinski definition) is 1. The second-order valence-electron chi connectivity index (χ2n) is 6.65. The molecule has 0 atom stereocenters. The van der Waals surface area contributed by atoms with Gasteiger partial charge in [0.2, 0.25) is 0 Å². The summed E-state index contributed by atoms with van der Waals surface area (Å²) in [5, 5.41) is 2.66. The highest BCUT2D eigenvalue weighted by atomic mass is 32.1. The number of nitrogens with zero attached hydrogens (tertiary/aromatic N) is 2. The standard InChI is InChI=1S/C23H25N3O3S/c1-4-25(5-2)17-12-10-16(11-13-17)14-20-21(27)24-23(30)26(22(20)28)18-8-7-9-19(15-18)29-6-3/h7-15H,4-6H2,1-3H3,(H,24,27,30). The fourth-order valence-corrected chi connectivity index (χ4v) is 3.59. The van der Waals surface area contributed by atoms with E-state index in [0.29, 0.717) is 18.0 Å². The van der Waals surface area contributed by atoms with Crippen LogP contribution in [0, 0.1) is 0 Å². The van der Waals surface area contributed by atoms with Crippen LogP contribution >= 0.6 is 12.2 Å². The maximum atomic E-state index is 13.1. The number of amides is 2. The highest BCUT2D eigenvalue weighted by Gasteiger charge is 2.34. The van der Waals surface area contributed by atoms with Crippen LogP contribution in [0.15, 0.2) is 54.1 Å². The van der Waals surface area contributed by atoms with Crippen LogP contribution in [-0.4, -0.2) is 36.6 Å². The van der Waals surface area contributed by atoms with Gasteiger partial charge in [-0.15, -0.1) is 0 Å². The number of nitrogens with one attached hydrogen (secondary N) is 1. The lowest BCUT2D eigenvalue weighted by molar-refractivity contribution is -0.122. The fourth-order valence-electron chi connectivity index (χ4n) is 3.31. The minimum Gasteiger partial charge on any atom is -0.494 e. The number of thiocarbonyl (C=S) groups is 1.